The first-order chi connectivity index (χ1) is 9.78. The fourth-order valence-electron chi connectivity index (χ4n) is 2.68. The fraction of sp³-hybridized carbons (Fsp3) is 0.562. The number of amides is 1. The van der Waals surface area contributed by atoms with Crippen LogP contribution in [0.4, 0.5) is 8.78 Å². The second-order valence-electron chi connectivity index (χ2n) is 6.25. The number of nitrogens with zero attached hydrogens (tertiary/aromatic N) is 1. The second-order valence-corrected chi connectivity index (χ2v) is 6.25. The van der Waals surface area contributed by atoms with Gasteiger partial charge in [0, 0.05) is 18.2 Å². The van der Waals surface area contributed by atoms with Crippen LogP contribution < -0.4 is 5.32 Å². The maximum absolute atomic E-state index is 14.1. The summed E-state index contributed by atoms with van der Waals surface area (Å²) in [5.74, 6) is -1.02. The highest BCUT2D eigenvalue weighted by Gasteiger charge is 2.47. The first kappa shape index (κ1) is 15.9. The number of benzene rings is 1. The number of rotatable bonds is 4. The summed E-state index contributed by atoms with van der Waals surface area (Å²) in [6.45, 7) is 8.29. The quantitative estimate of drug-likeness (QED) is 0.925. The van der Waals surface area contributed by atoms with E-state index in [1.165, 1.54) is 12.1 Å². The Balaban J connectivity index is 2.41. The molecule has 1 aromatic carbocycles. The summed E-state index contributed by atoms with van der Waals surface area (Å²) in [4.78, 5) is 14.3. The van der Waals surface area contributed by atoms with Gasteiger partial charge in [-0.2, -0.15) is 0 Å². The van der Waals surface area contributed by atoms with Gasteiger partial charge in [-0.25, -0.2) is 8.78 Å². The van der Waals surface area contributed by atoms with Gasteiger partial charge in [0.25, 0.3) is 0 Å². The van der Waals surface area contributed by atoms with E-state index in [2.05, 4.69) is 5.32 Å². The lowest BCUT2D eigenvalue weighted by molar-refractivity contribution is -0.133. The molecule has 1 fully saturated rings. The number of nitrogens with one attached hydrogen (secondary N) is 1. The standard InChI is InChI=1S/C16H22F2N2O/c1-5-16(4)15(21)20(9-10(2)3)14(19-16)12-7-6-11(17)8-13(12)18/h6-8,10,14,19H,5,9H2,1-4H3. The van der Waals surface area contributed by atoms with Crippen molar-refractivity contribution in [3.63, 3.8) is 0 Å². The van der Waals surface area contributed by atoms with Crippen molar-refractivity contribution in [2.45, 2.75) is 45.8 Å². The molecule has 1 saturated heterocycles. The molecule has 0 bridgehead atoms. The normalized spacial score (nSPS) is 26.0. The lowest BCUT2D eigenvalue weighted by Crippen LogP contribution is -2.43. The summed E-state index contributed by atoms with van der Waals surface area (Å²) < 4.78 is 27.2. The molecule has 21 heavy (non-hydrogen) atoms. The molecule has 1 aliphatic rings. The molecule has 0 aliphatic carbocycles. The van der Waals surface area contributed by atoms with Crippen molar-refractivity contribution in [1.82, 2.24) is 10.2 Å². The van der Waals surface area contributed by atoms with E-state index in [1.807, 2.05) is 27.7 Å². The van der Waals surface area contributed by atoms with E-state index in [9.17, 15) is 13.6 Å². The summed E-state index contributed by atoms with van der Waals surface area (Å²) in [6, 6.07) is 3.49. The van der Waals surface area contributed by atoms with Crippen molar-refractivity contribution in [3.8, 4) is 0 Å². The van der Waals surface area contributed by atoms with E-state index in [0.29, 0.717) is 18.5 Å². The van der Waals surface area contributed by atoms with Crippen LogP contribution in [0.3, 0.4) is 0 Å². The summed E-state index contributed by atoms with van der Waals surface area (Å²) in [6.07, 6.45) is 0.0603. The van der Waals surface area contributed by atoms with Crippen molar-refractivity contribution in [2.75, 3.05) is 6.54 Å². The van der Waals surface area contributed by atoms with E-state index in [-0.39, 0.29) is 11.8 Å². The van der Waals surface area contributed by atoms with Crippen LogP contribution in [0.5, 0.6) is 0 Å². The molecule has 116 valence electrons. The van der Waals surface area contributed by atoms with Crippen molar-refractivity contribution < 1.29 is 13.6 Å². The number of halogens is 2. The van der Waals surface area contributed by atoms with Gasteiger partial charge in [-0.3, -0.25) is 10.1 Å². The zero-order valence-corrected chi connectivity index (χ0v) is 12.9. The van der Waals surface area contributed by atoms with Crippen molar-refractivity contribution >= 4 is 5.91 Å². The molecule has 1 heterocycles. The third kappa shape index (κ3) is 2.93. The summed E-state index contributed by atoms with van der Waals surface area (Å²) in [7, 11) is 0. The van der Waals surface area contributed by atoms with Gasteiger partial charge >= 0.3 is 0 Å². The van der Waals surface area contributed by atoms with Gasteiger partial charge in [-0.05, 0) is 31.4 Å². The minimum absolute atomic E-state index is 0.0348. The maximum Gasteiger partial charge on any atom is 0.244 e. The van der Waals surface area contributed by atoms with Crippen LogP contribution in [-0.4, -0.2) is 22.9 Å². The highest BCUT2D eigenvalue weighted by Crippen LogP contribution is 2.34. The predicted octanol–water partition coefficient (Wildman–Crippen LogP) is 3.22. The Labute approximate surface area is 124 Å². The summed E-state index contributed by atoms with van der Waals surface area (Å²) in [5.41, 5.74) is -0.400. The highest BCUT2D eigenvalue weighted by molar-refractivity contribution is 5.88. The van der Waals surface area contributed by atoms with Gasteiger partial charge in [0.2, 0.25) is 5.91 Å². The van der Waals surface area contributed by atoms with Gasteiger partial charge in [-0.1, -0.05) is 20.8 Å². The minimum atomic E-state index is -0.708. The maximum atomic E-state index is 14.1. The van der Waals surface area contributed by atoms with Crippen LogP contribution in [0.1, 0.15) is 45.8 Å². The van der Waals surface area contributed by atoms with Crippen molar-refractivity contribution in [3.05, 3.63) is 35.4 Å². The molecular weight excluding hydrogens is 274 g/mol. The Hall–Kier alpha value is -1.49. The number of carbonyl (C=O) groups excluding carboxylic acids is 1. The van der Waals surface area contributed by atoms with Crippen molar-refractivity contribution in [2.24, 2.45) is 5.92 Å². The average Bonchev–Trinajstić information content (AvgIpc) is 2.64. The number of hydrogen-bond donors (Lipinski definition) is 1. The first-order valence-corrected chi connectivity index (χ1v) is 7.32. The predicted molar refractivity (Wildman–Crippen MR) is 77.5 cm³/mol. The largest absolute Gasteiger partial charge is 0.321 e. The van der Waals surface area contributed by atoms with E-state index in [4.69, 9.17) is 0 Å². The molecule has 0 aromatic heterocycles. The molecule has 0 saturated carbocycles. The number of hydrogen-bond acceptors (Lipinski definition) is 2. The van der Waals surface area contributed by atoms with Gasteiger partial charge in [-0.15, -0.1) is 0 Å². The Morgan fingerprint density at radius 1 is 1.38 bits per heavy atom. The molecule has 5 heteroatoms. The average molecular weight is 296 g/mol. The first-order valence-electron chi connectivity index (χ1n) is 7.32. The summed E-state index contributed by atoms with van der Waals surface area (Å²) in [5, 5.41) is 3.21. The molecule has 3 nitrogen and oxygen atoms in total. The zero-order chi connectivity index (χ0) is 15.8. The minimum Gasteiger partial charge on any atom is -0.321 e. The van der Waals surface area contributed by atoms with Crippen LogP contribution in [0.2, 0.25) is 0 Å². The highest BCUT2D eigenvalue weighted by atomic mass is 19.1. The third-order valence-corrected chi connectivity index (χ3v) is 4.03. The monoisotopic (exact) mass is 296 g/mol. The molecule has 1 N–H and O–H groups in total. The molecule has 2 atom stereocenters. The molecule has 1 aromatic rings. The van der Waals surface area contributed by atoms with Gasteiger partial charge < -0.3 is 4.90 Å². The lowest BCUT2D eigenvalue weighted by Gasteiger charge is -2.26. The second kappa shape index (κ2) is 5.72. The van der Waals surface area contributed by atoms with Crippen LogP contribution in [-0.2, 0) is 4.79 Å². The van der Waals surface area contributed by atoms with Crippen LogP contribution in [0, 0.1) is 17.6 Å². The fourth-order valence-corrected chi connectivity index (χ4v) is 2.68. The Morgan fingerprint density at radius 2 is 2.05 bits per heavy atom. The van der Waals surface area contributed by atoms with E-state index >= 15 is 0 Å². The van der Waals surface area contributed by atoms with Crippen LogP contribution >= 0.6 is 0 Å². The van der Waals surface area contributed by atoms with Gasteiger partial charge in [0.05, 0.1) is 5.54 Å². The van der Waals surface area contributed by atoms with Crippen LogP contribution in [0.15, 0.2) is 18.2 Å². The SMILES string of the molecule is CCC1(C)NC(c2ccc(F)cc2F)N(CC(C)C)C1=O. The van der Waals surface area contributed by atoms with Gasteiger partial charge in [0.1, 0.15) is 17.8 Å². The molecular formula is C16H22F2N2O. The summed E-state index contributed by atoms with van der Waals surface area (Å²) >= 11 is 0. The van der Waals surface area contributed by atoms with E-state index < -0.39 is 23.3 Å². The van der Waals surface area contributed by atoms with E-state index in [0.717, 1.165) is 6.07 Å². The third-order valence-electron chi connectivity index (χ3n) is 4.03. The van der Waals surface area contributed by atoms with Crippen LogP contribution in [0.25, 0.3) is 0 Å². The smallest absolute Gasteiger partial charge is 0.244 e. The van der Waals surface area contributed by atoms with E-state index in [1.54, 1.807) is 4.90 Å². The number of carbonyl (C=O) groups is 1. The molecule has 1 amide bonds. The molecule has 1 aliphatic heterocycles. The molecule has 2 unspecified atom stereocenters. The Kier molecular flexibility index (Phi) is 4.33. The topological polar surface area (TPSA) is 32.3 Å². The molecule has 2 rings (SSSR count). The Morgan fingerprint density at radius 3 is 2.57 bits per heavy atom. The lowest BCUT2D eigenvalue weighted by atomic mass is 9.99. The van der Waals surface area contributed by atoms with Crippen molar-refractivity contribution in [1.29, 1.82) is 0 Å². The zero-order valence-electron chi connectivity index (χ0n) is 12.9. The molecule has 0 radical (unpaired) electrons. The van der Waals surface area contributed by atoms with Gasteiger partial charge in [0.15, 0.2) is 0 Å². The molecule has 0 spiro atoms. The Bertz CT molecular complexity index is 547.